The van der Waals surface area contributed by atoms with E-state index in [2.05, 4.69) is 5.32 Å². The fraction of sp³-hybridized carbons (Fsp3) is 0.333. The molecule has 1 saturated heterocycles. The molecule has 0 radical (unpaired) electrons. The summed E-state index contributed by atoms with van der Waals surface area (Å²) in [7, 11) is 0. The van der Waals surface area contributed by atoms with Crippen molar-refractivity contribution in [2.45, 2.75) is 31.5 Å². The fourth-order valence-corrected chi connectivity index (χ4v) is 3.54. The van der Waals surface area contributed by atoms with Crippen molar-refractivity contribution in [1.29, 1.82) is 0 Å². The fourth-order valence-electron chi connectivity index (χ4n) is 2.84. The van der Waals surface area contributed by atoms with Crippen molar-refractivity contribution >= 4 is 23.2 Å². The lowest BCUT2D eigenvalue weighted by molar-refractivity contribution is -0.136. The van der Waals surface area contributed by atoms with Crippen LogP contribution in [0.25, 0.3) is 0 Å². The Bertz CT molecular complexity index is 688. The Morgan fingerprint density at radius 1 is 1.29 bits per heavy atom. The summed E-state index contributed by atoms with van der Waals surface area (Å²) < 4.78 is 0. The molecule has 2 N–H and O–H groups in total. The number of hydrogen-bond donors (Lipinski definition) is 2. The molecule has 1 fully saturated rings. The molecule has 0 saturated carbocycles. The number of rotatable bonds is 6. The second kappa shape index (κ2) is 7.59. The van der Waals surface area contributed by atoms with E-state index in [4.69, 9.17) is 0 Å². The number of thiophene rings is 1. The van der Waals surface area contributed by atoms with E-state index in [0.717, 1.165) is 10.4 Å². The van der Waals surface area contributed by atoms with Crippen LogP contribution in [0.1, 0.15) is 29.4 Å². The van der Waals surface area contributed by atoms with Gasteiger partial charge in [0.05, 0.1) is 6.54 Å². The van der Waals surface area contributed by atoms with E-state index in [9.17, 15) is 14.7 Å². The molecule has 0 aliphatic carbocycles. The number of benzene rings is 1. The Kier molecular flexibility index (Phi) is 5.27. The van der Waals surface area contributed by atoms with Gasteiger partial charge in [0.2, 0.25) is 11.8 Å². The van der Waals surface area contributed by atoms with Crippen LogP contribution in [0.2, 0.25) is 0 Å². The second-order valence-corrected chi connectivity index (χ2v) is 6.87. The van der Waals surface area contributed by atoms with Crippen molar-refractivity contribution in [2.75, 3.05) is 6.54 Å². The van der Waals surface area contributed by atoms with Crippen molar-refractivity contribution < 1.29 is 14.7 Å². The van der Waals surface area contributed by atoms with Crippen molar-refractivity contribution in [3.05, 3.63) is 58.3 Å². The summed E-state index contributed by atoms with van der Waals surface area (Å²) in [6.07, 6.45) is 0.163. The summed E-state index contributed by atoms with van der Waals surface area (Å²) in [5.41, 5.74) is 0.994. The number of hydrogen-bond acceptors (Lipinski definition) is 4. The van der Waals surface area contributed by atoms with E-state index >= 15 is 0 Å². The number of aliphatic hydroxyl groups excluding tert-OH is 1. The molecule has 0 spiro atoms. The van der Waals surface area contributed by atoms with Gasteiger partial charge in [-0.05, 0) is 23.4 Å². The summed E-state index contributed by atoms with van der Waals surface area (Å²) in [4.78, 5) is 26.7. The van der Waals surface area contributed by atoms with Gasteiger partial charge in [-0.15, -0.1) is 11.3 Å². The maximum Gasteiger partial charge on any atom is 0.245 e. The maximum absolute atomic E-state index is 12.8. The van der Waals surface area contributed by atoms with Crippen LogP contribution in [0.3, 0.4) is 0 Å². The van der Waals surface area contributed by atoms with Gasteiger partial charge in [0.1, 0.15) is 12.1 Å². The summed E-state index contributed by atoms with van der Waals surface area (Å²) in [5, 5.41) is 15.1. The third-order valence-electron chi connectivity index (χ3n) is 4.09. The molecule has 1 aliphatic rings. The Morgan fingerprint density at radius 2 is 2.08 bits per heavy atom. The first kappa shape index (κ1) is 16.7. The third-order valence-corrected chi connectivity index (χ3v) is 5.06. The lowest BCUT2D eigenvalue weighted by Gasteiger charge is -2.27. The van der Waals surface area contributed by atoms with E-state index in [1.54, 1.807) is 4.90 Å². The highest BCUT2D eigenvalue weighted by atomic mass is 32.1. The summed E-state index contributed by atoms with van der Waals surface area (Å²) in [6, 6.07) is 12.9. The smallest absolute Gasteiger partial charge is 0.245 e. The van der Waals surface area contributed by atoms with Gasteiger partial charge in [0, 0.05) is 17.8 Å². The molecule has 3 rings (SSSR count). The molecule has 0 bridgehead atoms. The first-order chi connectivity index (χ1) is 11.6. The highest BCUT2D eigenvalue weighted by Crippen LogP contribution is 2.22. The van der Waals surface area contributed by atoms with E-state index in [-0.39, 0.29) is 18.4 Å². The van der Waals surface area contributed by atoms with E-state index in [0.29, 0.717) is 19.4 Å². The second-order valence-electron chi connectivity index (χ2n) is 5.89. The zero-order valence-electron chi connectivity index (χ0n) is 13.2. The van der Waals surface area contributed by atoms with Crippen LogP contribution in [0.15, 0.2) is 47.8 Å². The number of nitrogens with zero attached hydrogens (tertiary/aromatic N) is 1. The number of aliphatic hydroxyl groups is 1. The molecule has 6 heteroatoms. The van der Waals surface area contributed by atoms with Crippen molar-refractivity contribution in [2.24, 2.45) is 0 Å². The normalized spacial score (nSPS) is 18.2. The molecular formula is C18H20N2O3S. The van der Waals surface area contributed by atoms with Gasteiger partial charge >= 0.3 is 0 Å². The molecule has 126 valence electrons. The largest absolute Gasteiger partial charge is 0.386 e. The predicted molar refractivity (Wildman–Crippen MR) is 92.3 cm³/mol. The zero-order valence-corrected chi connectivity index (χ0v) is 14.0. The van der Waals surface area contributed by atoms with Crippen LogP contribution >= 0.6 is 11.3 Å². The molecule has 5 nitrogen and oxygen atoms in total. The first-order valence-electron chi connectivity index (χ1n) is 7.97. The monoisotopic (exact) mass is 344 g/mol. The van der Waals surface area contributed by atoms with Crippen LogP contribution in [0.4, 0.5) is 0 Å². The average Bonchev–Trinajstić information content (AvgIpc) is 3.26. The molecular weight excluding hydrogens is 324 g/mol. The van der Waals surface area contributed by atoms with Gasteiger partial charge in [0.25, 0.3) is 0 Å². The Hall–Kier alpha value is -2.18. The standard InChI is InChI=1S/C18H20N2O3S/c21-15(16-7-4-10-24-16)12-20(11-13-5-2-1-3-6-13)18(23)14-8-9-17(22)19-14/h1-7,10,14-15,21H,8-9,11-12H2,(H,19,22)/t14-,15+/m0/s1. The minimum atomic E-state index is -0.727. The van der Waals surface area contributed by atoms with Crippen LogP contribution in [0, 0.1) is 0 Å². The van der Waals surface area contributed by atoms with Crippen molar-refractivity contribution in [1.82, 2.24) is 10.2 Å². The molecule has 2 heterocycles. The summed E-state index contributed by atoms with van der Waals surface area (Å²) >= 11 is 1.47. The summed E-state index contributed by atoms with van der Waals surface area (Å²) in [6.45, 7) is 0.620. The molecule has 2 atom stereocenters. The van der Waals surface area contributed by atoms with Gasteiger partial charge in [-0.25, -0.2) is 0 Å². The van der Waals surface area contributed by atoms with Gasteiger partial charge in [0.15, 0.2) is 0 Å². The molecule has 1 aromatic heterocycles. The van der Waals surface area contributed by atoms with Crippen molar-refractivity contribution in [3.8, 4) is 0 Å². The van der Waals surface area contributed by atoms with Crippen LogP contribution in [0.5, 0.6) is 0 Å². The molecule has 2 aromatic rings. The SMILES string of the molecule is O=C1CC[C@@H](C(=O)N(Cc2ccccc2)C[C@@H](O)c2cccs2)N1. The lowest BCUT2D eigenvalue weighted by Crippen LogP contribution is -2.45. The van der Waals surface area contributed by atoms with Gasteiger partial charge in [-0.3, -0.25) is 9.59 Å². The number of carbonyl (C=O) groups is 2. The molecule has 1 aliphatic heterocycles. The van der Waals surface area contributed by atoms with E-state index in [1.165, 1.54) is 11.3 Å². The van der Waals surface area contributed by atoms with E-state index in [1.807, 2.05) is 47.8 Å². The molecule has 1 aromatic carbocycles. The molecule has 24 heavy (non-hydrogen) atoms. The average molecular weight is 344 g/mol. The minimum Gasteiger partial charge on any atom is -0.386 e. The number of amides is 2. The molecule has 0 unspecified atom stereocenters. The quantitative estimate of drug-likeness (QED) is 0.843. The Morgan fingerprint density at radius 3 is 2.71 bits per heavy atom. The maximum atomic E-state index is 12.8. The Labute approximate surface area is 144 Å². The van der Waals surface area contributed by atoms with Gasteiger partial charge < -0.3 is 15.3 Å². The zero-order chi connectivity index (χ0) is 16.9. The van der Waals surface area contributed by atoms with Crippen LogP contribution < -0.4 is 5.32 Å². The summed E-state index contributed by atoms with van der Waals surface area (Å²) in [5.74, 6) is -0.230. The first-order valence-corrected chi connectivity index (χ1v) is 8.85. The number of nitrogens with one attached hydrogen (secondary N) is 1. The third kappa shape index (κ3) is 4.01. The minimum absolute atomic E-state index is 0.0909. The predicted octanol–water partition coefficient (Wildman–Crippen LogP) is 2.09. The van der Waals surface area contributed by atoms with Crippen LogP contribution in [-0.4, -0.2) is 34.4 Å². The Balaban J connectivity index is 1.75. The highest BCUT2D eigenvalue weighted by Gasteiger charge is 2.31. The van der Waals surface area contributed by atoms with E-state index < -0.39 is 12.1 Å². The van der Waals surface area contributed by atoms with Gasteiger partial charge in [-0.1, -0.05) is 36.4 Å². The van der Waals surface area contributed by atoms with Crippen LogP contribution in [-0.2, 0) is 16.1 Å². The topological polar surface area (TPSA) is 69.6 Å². The van der Waals surface area contributed by atoms with Gasteiger partial charge in [-0.2, -0.15) is 0 Å². The van der Waals surface area contributed by atoms with Crippen molar-refractivity contribution in [3.63, 3.8) is 0 Å². The molecule has 2 amide bonds. The number of carbonyl (C=O) groups excluding carboxylic acids is 2. The lowest BCUT2D eigenvalue weighted by atomic mass is 10.1. The highest BCUT2D eigenvalue weighted by molar-refractivity contribution is 7.10.